The number of carboxylic acid groups (broad SMARTS) is 1. The predicted molar refractivity (Wildman–Crippen MR) is 72.1 cm³/mol. The first-order valence-corrected chi connectivity index (χ1v) is 6.82. The lowest BCUT2D eigenvalue weighted by Gasteiger charge is -2.06. The minimum atomic E-state index is -0.887. The SMILES string of the molecule is O=C(O)CCCNC(=O)[C@H]1C[C@@H]1c1c(F)cccc1Cl. The van der Waals surface area contributed by atoms with E-state index in [1.165, 1.54) is 12.1 Å². The van der Waals surface area contributed by atoms with Crippen LogP contribution in [0.3, 0.4) is 0 Å². The van der Waals surface area contributed by atoms with E-state index in [2.05, 4.69) is 5.32 Å². The Kier molecular flexibility index (Phi) is 4.60. The molecule has 1 amide bonds. The molecule has 0 unspecified atom stereocenters. The summed E-state index contributed by atoms with van der Waals surface area (Å²) in [6.45, 7) is 0.319. The fourth-order valence-corrected chi connectivity index (χ4v) is 2.55. The fraction of sp³-hybridized carbons (Fsp3) is 0.429. The average molecular weight is 300 g/mol. The number of aliphatic carboxylic acids is 1. The molecule has 1 saturated carbocycles. The van der Waals surface area contributed by atoms with Gasteiger partial charge in [-0.05, 0) is 25.0 Å². The summed E-state index contributed by atoms with van der Waals surface area (Å²) in [7, 11) is 0. The Morgan fingerprint density at radius 3 is 2.85 bits per heavy atom. The first kappa shape index (κ1) is 14.8. The molecule has 0 spiro atoms. The van der Waals surface area contributed by atoms with Gasteiger partial charge < -0.3 is 10.4 Å². The molecule has 0 radical (unpaired) electrons. The highest BCUT2D eigenvalue weighted by molar-refractivity contribution is 6.31. The van der Waals surface area contributed by atoms with E-state index in [0.29, 0.717) is 30.0 Å². The number of halogens is 2. The summed E-state index contributed by atoms with van der Waals surface area (Å²) in [4.78, 5) is 22.2. The molecule has 0 heterocycles. The zero-order chi connectivity index (χ0) is 14.7. The topological polar surface area (TPSA) is 66.4 Å². The third-order valence-corrected chi connectivity index (χ3v) is 3.69. The van der Waals surface area contributed by atoms with E-state index >= 15 is 0 Å². The van der Waals surface area contributed by atoms with E-state index in [4.69, 9.17) is 16.7 Å². The smallest absolute Gasteiger partial charge is 0.303 e. The van der Waals surface area contributed by atoms with Crippen molar-refractivity contribution in [2.75, 3.05) is 6.54 Å². The molecule has 0 aliphatic heterocycles. The van der Waals surface area contributed by atoms with E-state index in [1.807, 2.05) is 0 Å². The van der Waals surface area contributed by atoms with Crippen molar-refractivity contribution < 1.29 is 19.1 Å². The maximum Gasteiger partial charge on any atom is 0.303 e. The molecule has 0 aromatic heterocycles. The van der Waals surface area contributed by atoms with Crippen molar-refractivity contribution in [1.82, 2.24) is 5.32 Å². The number of amides is 1. The molecule has 1 aromatic carbocycles. The first-order chi connectivity index (χ1) is 9.50. The van der Waals surface area contributed by atoms with Crippen molar-refractivity contribution in [3.63, 3.8) is 0 Å². The second kappa shape index (κ2) is 6.22. The highest BCUT2D eigenvalue weighted by Gasteiger charge is 2.46. The summed E-state index contributed by atoms with van der Waals surface area (Å²) in [5.41, 5.74) is 0.403. The minimum Gasteiger partial charge on any atom is -0.481 e. The lowest BCUT2D eigenvalue weighted by atomic mass is 10.1. The van der Waals surface area contributed by atoms with Gasteiger partial charge in [0.15, 0.2) is 0 Å². The van der Waals surface area contributed by atoms with Crippen LogP contribution in [0.2, 0.25) is 5.02 Å². The Bertz CT molecular complexity index is 515. The molecule has 0 bridgehead atoms. The Morgan fingerprint density at radius 1 is 1.45 bits per heavy atom. The largest absolute Gasteiger partial charge is 0.481 e. The monoisotopic (exact) mass is 299 g/mol. The number of carboxylic acids is 1. The van der Waals surface area contributed by atoms with Crippen LogP contribution in [0.4, 0.5) is 4.39 Å². The molecule has 1 aliphatic carbocycles. The Labute approximate surface area is 120 Å². The van der Waals surface area contributed by atoms with Crippen molar-refractivity contribution in [2.45, 2.75) is 25.2 Å². The standard InChI is InChI=1S/C14H15ClFNO3/c15-10-3-1-4-11(16)13(10)8-7-9(8)14(20)17-6-2-5-12(18)19/h1,3-4,8-9H,2,5-7H2,(H,17,20)(H,18,19)/t8-,9-/m0/s1. The maximum atomic E-state index is 13.7. The normalized spacial score (nSPS) is 20.5. The number of hydrogen-bond acceptors (Lipinski definition) is 2. The van der Waals surface area contributed by atoms with Gasteiger partial charge in [0.1, 0.15) is 5.82 Å². The van der Waals surface area contributed by atoms with Crippen molar-refractivity contribution in [1.29, 1.82) is 0 Å². The summed E-state index contributed by atoms with van der Waals surface area (Å²) in [5.74, 6) is -1.89. The summed E-state index contributed by atoms with van der Waals surface area (Å²) in [5, 5.41) is 11.5. The van der Waals surface area contributed by atoms with Gasteiger partial charge in [-0.25, -0.2) is 4.39 Å². The highest BCUT2D eigenvalue weighted by Crippen LogP contribution is 2.50. The number of carbonyl (C=O) groups is 2. The van der Waals surface area contributed by atoms with Crippen molar-refractivity contribution in [3.8, 4) is 0 Å². The lowest BCUT2D eigenvalue weighted by molar-refractivity contribution is -0.137. The predicted octanol–water partition coefficient (Wildman–Crippen LogP) is 2.56. The van der Waals surface area contributed by atoms with Crippen LogP contribution in [0.15, 0.2) is 18.2 Å². The van der Waals surface area contributed by atoms with E-state index in [1.54, 1.807) is 6.07 Å². The second-order valence-corrected chi connectivity index (χ2v) is 5.28. The zero-order valence-electron chi connectivity index (χ0n) is 10.7. The summed E-state index contributed by atoms with van der Waals surface area (Å²) in [6, 6.07) is 4.48. The molecule has 2 atom stereocenters. The fourth-order valence-electron chi connectivity index (χ4n) is 2.25. The van der Waals surface area contributed by atoms with Gasteiger partial charge in [0.05, 0.1) is 0 Å². The molecular formula is C14H15ClFNO3. The van der Waals surface area contributed by atoms with Crippen molar-refractivity contribution in [2.24, 2.45) is 5.92 Å². The van der Waals surface area contributed by atoms with E-state index < -0.39 is 5.97 Å². The van der Waals surface area contributed by atoms with E-state index in [9.17, 15) is 14.0 Å². The number of benzene rings is 1. The van der Waals surface area contributed by atoms with Gasteiger partial charge in [0.2, 0.25) is 5.91 Å². The zero-order valence-corrected chi connectivity index (χ0v) is 11.5. The van der Waals surface area contributed by atoms with Gasteiger partial charge in [-0.1, -0.05) is 17.7 Å². The minimum absolute atomic E-state index is 0.0213. The van der Waals surface area contributed by atoms with Gasteiger partial charge in [0, 0.05) is 35.4 Å². The number of rotatable bonds is 6. The van der Waals surface area contributed by atoms with Crippen LogP contribution in [0.1, 0.15) is 30.7 Å². The van der Waals surface area contributed by atoms with Crippen LogP contribution >= 0.6 is 11.6 Å². The van der Waals surface area contributed by atoms with Gasteiger partial charge in [-0.3, -0.25) is 9.59 Å². The average Bonchev–Trinajstić information content (AvgIpc) is 3.14. The Balaban J connectivity index is 1.85. The summed E-state index contributed by atoms with van der Waals surface area (Å²) >= 11 is 5.96. The highest BCUT2D eigenvalue weighted by atomic mass is 35.5. The maximum absolute atomic E-state index is 13.7. The molecule has 1 aromatic rings. The van der Waals surface area contributed by atoms with Crippen LogP contribution in [-0.4, -0.2) is 23.5 Å². The number of carbonyl (C=O) groups excluding carboxylic acids is 1. The third-order valence-electron chi connectivity index (χ3n) is 3.36. The molecule has 108 valence electrons. The molecule has 1 fully saturated rings. The molecule has 1 aliphatic rings. The quantitative estimate of drug-likeness (QED) is 0.793. The van der Waals surface area contributed by atoms with Crippen LogP contribution in [0.25, 0.3) is 0 Å². The first-order valence-electron chi connectivity index (χ1n) is 6.44. The Morgan fingerprint density at radius 2 is 2.20 bits per heavy atom. The number of nitrogens with one attached hydrogen (secondary N) is 1. The van der Waals surface area contributed by atoms with Gasteiger partial charge in [-0.2, -0.15) is 0 Å². The van der Waals surface area contributed by atoms with Crippen LogP contribution in [0.5, 0.6) is 0 Å². The molecular weight excluding hydrogens is 285 g/mol. The number of hydrogen-bond donors (Lipinski definition) is 2. The van der Waals surface area contributed by atoms with Gasteiger partial charge in [-0.15, -0.1) is 0 Å². The van der Waals surface area contributed by atoms with Crippen LogP contribution in [0, 0.1) is 11.7 Å². The molecule has 2 rings (SSSR count). The molecule has 4 nitrogen and oxygen atoms in total. The second-order valence-electron chi connectivity index (χ2n) is 4.87. The molecule has 20 heavy (non-hydrogen) atoms. The lowest BCUT2D eigenvalue weighted by Crippen LogP contribution is -2.26. The molecule has 6 heteroatoms. The van der Waals surface area contributed by atoms with E-state index in [0.717, 1.165) is 0 Å². The Hall–Kier alpha value is -1.62. The van der Waals surface area contributed by atoms with Crippen molar-refractivity contribution >= 4 is 23.5 Å². The van der Waals surface area contributed by atoms with Gasteiger partial charge in [0.25, 0.3) is 0 Å². The molecule has 0 saturated heterocycles. The van der Waals surface area contributed by atoms with E-state index in [-0.39, 0.29) is 30.0 Å². The summed E-state index contributed by atoms with van der Waals surface area (Å²) in [6.07, 6.45) is 0.984. The van der Waals surface area contributed by atoms with Crippen LogP contribution < -0.4 is 5.32 Å². The van der Waals surface area contributed by atoms with Crippen LogP contribution in [-0.2, 0) is 9.59 Å². The third kappa shape index (κ3) is 3.48. The summed E-state index contributed by atoms with van der Waals surface area (Å²) < 4.78 is 13.7. The van der Waals surface area contributed by atoms with Crippen molar-refractivity contribution in [3.05, 3.63) is 34.6 Å². The molecule has 2 N–H and O–H groups in total. The van der Waals surface area contributed by atoms with Gasteiger partial charge >= 0.3 is 5.97 Å².